The average Bonchev–Trinajstić information content (AvgIpc) is 3.32. The van der Waals surface area contributed by atoms with Crippen LogP contribution in [0.5, 0.6) is 0 Å². The molecule has 0 fully saturated rings. The van der Waals surface area contributed by atoms with Crippen LogP contribution in [0, 0.1) is 11.3 Å². The number of benzene rings is 2. The van der Waals surface area contributed by atoms with Crippen LogP contribution >= 0.6 is 0 Å². The van der Waals surface area contributed by atoms with Crippen molar-refractivity contribution in [2.24, 2.45) is 11.3 Å². The zero-order chi connectivity index (χ0) is 25.8. The molecule has 1 heteroatoms. The van der Waals surface area contributed by atoms with E-state index in [0.29, 0.717) is 5.92 Å². The Labute approximate surface area is 227 Å². The van der Waals surface area contributed by atoms with Crippen molar-refractivity contribution in [1.82, 2.24) is 0 Å². The van der Waals surface area contributed by atoms with E-state index in [2.05, 4.69) is 112 Å². The van der Waals surface area contributed by atoms with Gasteiger partial charge in [0.05, 0.1) is 0 Å². The molecule has 0 aromatic heterocycles. The SMILES string of the molecule is CCCCC1C=C(C(C)(C)C)C=[C]1[Zr][c]1c(C(C)(C)C)ccc2c1Cc1cc(C(C)(C)C)ccc1-2. The number of rotatable bonds is 5. The van der Waals surface area contributed by atoms with Gasteiger partial charge in [0, 0.05) is 0 Å². The Morgan fingerprint density at radius 2 is 1.51 bits per heavy atom. The summed E-state index contributed by atoms with van der Waals surface area (Å²) in [5, 5.41) is 0. The van der Waals surface area contributed by atoms with Crippen molar-refractivity contribution in [2.75, 3.05) is 0 Å². The molecule has 4 rings (SSSR count). The molecule has 35 heavy (non-hydrogen) atoms. The maximum atomic E-state index is 2.64. The van der Waals surface area contributed by atoms with E-state index in [4.69, 9.17) is 0 Å². The Bertz CT molecular complexity index is 1170. The van der Waals surface area contributed by atoms with Crippen molar-refractivity contribution in [3.63, 3.8) is 0 Å². The molecule has 0 nitrogen and oxygen atoms in total. The van der Waals surface area contributed by atoms with Gasteiger partial charge in [0.25, 0.3) is 0 Å². The van der Waals surface area contributed by atoms with Crippen LogP contribution in [0.15, 0.2) is 51.3 Å². The van der Waals surface area contributed by atoms with Gasteiger partial charge < -0.3 is 0 Å². The van der Waals surface area contributed by atoms with Gasteiger partial charge >= 0.3 is 228 Å². The van der Waals surface area contributed by atoms with Crippen molar-refractivity contribution < 1.29 is 23.2 Å². The molecule has 0 aliphatic heterocycles. The van der Waals surface area contributed by atoms with Gasteiger partial charge in [0.15, 0.2) is 0 Å². The monoisotopic (exact) mass is 544 g/mol. The first-order chi connectivity index (χ1) is 16.2. The zero-order valence-electron chi connectivity index (χ0n) is 23.9. The van der Waals surface area contributed by atoms with E-state index in [0.717, 1.165) is 6.42 Å². The third-order valence-corrected chi connectivity index (χ3v) is 11.8. The number of hydrogen-bond donors (Lipinski definition) is 0. The van der Waals surface area contributed by atoms with Gasteiger partial charge in [-0.05, 0) is 0 Å². The molecule has 0 heterocycles. The third kappa shape index (κ3) is 5.56. The second kappa shape index (κ2) is 9.60. The Hall–Kier alpha value is -1.20. The molecule has 1 unspecified atom stereocenters. The second-order valence-corrected chi connectivity index (χ2v) is 17.2. The summed E-state index contributed by atoms with van der Waals surface area (Å²) in [6.45, 7) is 23.7. The topological polar surface area (TPSA) is 0 Å². The summed E-state index contributed by atoms with van der Waals surface area (Å²) in [5.74, 6) is 0.663. The number of unbranched alkanes of at least 4 members (excludes halogenated alkanes) is 1. The first-order valence-electron chi connectivity index (χ1n) is 13.7. The molecule has 0 bridgehead atoms. The van der Waals surface area contributed by atoms with Gasteiger partial charge in [0.1, 0.15) is 0 Å². The molecule has 1 atom stereocenters. The number of fused-ring (bicyclic) bond motifs is 3. The minimum absolute atomic E-state index is 0.176. The molecular formula is C34H46Zr. The van der Waals surface area contributed by atoms with Crippen LogP contribution in [0.1, 0.15) is 111 Å². The van der Waals surface area contributed by atoms with E-state index in [9.17, 15) is 0 Å². The molecular weight excluding hydrogens is 500 g/mol. The zero-order valence-corrected chi connectivity index (χ0v) is 26.4. The molecule has 0 saturated carbocycles. The Balaban J connectivity index is 1.79. The molecule has 0 radical (unpaired) electrons. The Kier molecular flexibility index (Phi) is 7.36. The molecule has 2 aliphatic carbocycles. The minimum atomic E-state index is -0.944. The van der Waals surface area contributed by atoms with Gasteiger partial charge in [-0.15, -0.1) is 0 Å². The summed E-state index contributed by atoms with van der Waals surface area (Å²) in [4.78, 5) is 0. The van der Waals surface area contributed by atoms with Crippen molar-refractivity contribution in [2.45, 2.75) is 106 Å². The van der Waals surface area contributed by atoms with E-state index in [-0.39, 0.29) is 16.2 Å². The van der Waals surface area contributed by atoms with E-state index in [1.165, 1.54) is 41.5 Å². The molecule has 0 N–H and O–H groups in total. The molecule has 2 aliphatic rings. The van der Waals surface area contributed by atoms with Crippen molar-refractivity contribution in [3.8, 4) is 11.1 Å². The van der Waals surface area contributed by atoms with E-state index >= 15 is 0 Å². The summed E-state index contributed by atoms with van der Waals surface area (Å²) < 4.78 is 3.57. The first-order valence-corrected chi connectivity index (χ1v) is 16.2. The standard InChI is InChI=1S/C21H25.C13H21.Zr/c1-20(2,3)16-7-9-18-14(12-16)11-15-13-17(21(4,5)6)8-10-19(15)18;1-5-6-7-11-8-9-12(10-11)13(2,3)4;/h7-10,12H,11H2,1-6H3;9-11H,5-7H2,1-4H3;. The quantitative estimate of drug-likeness (QED) is 0.300. The molecule has 186 valence electrons. The van der Waals surface area contributed by atoms with Gasteiger partial charge in [-0.2, -0.15) is 0 Å². The summed E-state index contributed by atoms with van der Waals surface area (Å²) in [6.07, 6.45) is 10.3. The molecule has 2 aromatic rings. The van der Waals surface area contributed by atoms with Crippen molar-refractivity contribution in [3.05, 3.63) is 73.6 Å². The van der Waals surface area contributed by atoms with Crippen LogP contribution < -0.4 is 3.27 Å². The van der Waals surface area contributed by atoms with Crippen molar-refractivity contribution in [1.29, 1.82) is 0 Å². The second-order valence-electron chi connectivity index (χ2n) is 13.9. The van der Waals surface area contributed by atoms with Gasteiger partial charge in [-0.25, -0.2) is 0 Å². The fourth-order valence-electron chi connectivity index (χ4n) is 5.54. The fourth-order valence-corrected chi connectivity index (χ4v) is 10.2. The van der Waals surface area contributed by atoms with Crippen LogP contribution in [0.2, 0.25) is 0 Å². The van der Waals surface area contributed by atoms with E-state index in [1.54, 1.807) is 23.3 Å². The van der Waals surface area contributed by atoms with Gasteiger partial charge in [0.2, 0.25) is 0 Å². The predicted molar refractivity (Wildman–Crippen MR) is 150 cm³/mol. The van der Waals surface area contributed by atoms with Crippen LogP contribution in [-0.4, -0.2) is 0 Å². The van der Waals surface area contributed by atoms with Crippen LogP contribution in [-0.2, 0) is 40.5 Å². The van der Waals surface area contributed by atoms with E-state index < -0.39 is 23.2 Å². The fraction of sp³-hybridized carbons (Fsp3) is 0.529. The predicted octanol–water partition coefficient (Wildman–Crippen LogP) is 9.24. The molecule has 2 aromatic carbocycles. The first kappa shape index (κ1) is 26.9. The summed E-state index contributed by atoms with van der Waals surface area (Å²) >= 11 is -0.944. The molecule has 0 saturated heterocycles. The van der Waals surface area contributed by atoms with Gasteiger partial charge in [-0.3, -0.25) is 0 Å². The average molecular weight is 546 g/mol. The van der Waals surface area contributed by atoms with Crippen LogP contribution in [0.25, 0.3) is 11.1 Å². The van der Waals surface area contributed by atoms with Crippen LogP contribution in [0.3, 0.4) is 0 Å². The normalized spacial score (nSPS) is 17.7. The number of allylic oxidation sites excluding steroid dienone is 4. The van der Waals surface area contributed by atoms with Gasteiger partial charge in [-0.1, -0.05) is 0 Å². The Morgan fingerprint density at radius 1 is 0.829 bits per heavy atom. The summed E-state index contributed by atoms with van der Waals surface area (Å²) in [5.41, 5.74) is 11.4. The summed E-state index contributed by atoms with van der Waals surface area (Å²) in [7, 11) is 0. The van der Waals surface area contributed by atoms with Crippen molar-refractivity contribution >= 4 is 3.27 Å². The third-order valence-electron chi connectivity index (χ3n) is 7.84. The van der Waals surface area contributed by atoms with E-state index in [1.807, 2.05) is 0 Å². The summed E-state index contributed by atoms with van der Waals surface area (Å²) in [6, 6.07) is 12.2. The molecule has 0 spiro atoms. The molecule has 0 amide bonds. The maximum absolute atomic E-state index is 2.64. The number of hydrogen-bond acceptors (Lipinski definition) is 0. The Morgan fingerprint density at radius 3 is 2.11 bits per heavy atom. The van der Waals surface area contributed by atoms with Crippen LogP contribution in [0.4, 0.5) is 0 Å².